The molecular formula is C23H29N7O2. The minimum atomic E-state index is -0.133. The Morgan fingerprint density at radius 2 is 1.91 bits per heavy atom. The van der Waals surface area contributed by atoms with Crippen molar-refractivity contribution in [1.82, 2.24) is 24.8 Å². The lowest BCUT2D eigenvalue weighted by Crippen LogP contribution is -2.32. The Morgan fingerprint density at radius 1 is 1.09 bits per heavy atom. The number of carbonyl (C=O) groups is 1. The van der Waals surface area contributed by atoms with Crippen LogP contribution in [0.1, 0.15) is 31.4 Å². The quantitative estimate of drug-likeness (QED) is 0.522. The topological polar surface area (TPSA) is 105 Å². The maximum atomic E-state index is 12.5. The van der Waals surface area contributed by atoms with Crippen LogP contribution in [0.25, 0.3) is 10.9 Å². The van der Waals surface area contributed by atoms with Crippen molar-refractivity contribution in [3.63, 3.8) is 0 Å². The molecule has 0 atom stereocenters. The van der Waals surface area contributed by atoms with Crippen LogP contribution < -0.4 is 21.1 Å². The summed E-state index contributed by atoms with van der Waals surface area (Å²) >= 11 is 0. The van der Waals surface area contributed by atoms with Gasteiger partial charge in [-0.3, -0.25) is 14.2 Å². The summed E-state index contributed by atoms with van der Waals surface area (Å²) in [5, 5.41) is 6.62. The van der Waals surface area contributed by atoms with Crippen LogP contribution in [0.2, 0.25) is 0 Å². The van der Waals surface area contributed by atoms with E-state index in [1.54, 1.807) is 12.1 Å². The lowest BCUT2D eigenvalue weighted by molar-refractivity contribution is -0.121. The van der Waals surface area contributed by atoms with Gasteiger partial charge in [-0.05, 0) is 38.3 Å². The van der Waals surface area contributed by atoms with E-state index < -0.39 is 0 Å². The second-order valence-electron chi connectivity index (χ2n) is 8.03. The maximum absolute atomic E-state index is 12.5. The number of piperidine rings is 1. The first-order valence-corrected chi connectivity index (χ1v) is 11.2. The first kappa shape index (κ1) is 21.7. The van der Waals surface area contributed by atoms with Crippen LogP contribution in [0, 0.1) is 6.92 Å². The summed E-state index contributed by atoms with van der Waals surface area (Å²) in [6, 6.07) is 9.22. The van der Waals surface area contributed by atoms with E-state index in [1.165, 1.54) is 30.2 Å². The zero-order chi connectivity index (χ0) is 22.3. The van der Waals surface area contributed by atoms with Crippen molar-refractivity contribution < 1.29 is 4.79 Å². The molecule has 0 spiro atoms. The number of hydrogen-bond donors (Lipinski definition) is 2. The van der Waals surface area contributed by atoms with Gasteiger partial charge in [0.25, 0.3) is 5.56 Å². The number of rotatable bonds is 8. The number of hydrogen-bond acceptors (Lipinski definition) is 7. The Balaban J connectivity index is 1.24. The highest BCUT2D eigenvalue weighted by atomic mass is 16.1. The van der Waals surface area contributed by atoms with Crippen molar-refractivity contribution >= 4 is 28.6 Å². The Labute approximate surface area is 186 Å². The average Bonchev–Trinajstić information content (AvgIpc) is 2.82. The van der Waals surface area contributed by atoms with Gasteiger partial charge in [-0.1, -0.05) is 12.1 Å². The minimum Gasteiger partial charge on any atom is -0.356 e. The summed E-state index contributed by atoms with van der Waals surface area (Å²) in [5.41, 5.74) is 1.44. The molecule has 0 aliphatic carbocycles. The van der Waals surface area contributed by atoms with E-state index >= 15 is 0 Å². The molecule has 3 aromatic rings. The van der Waals surface area contributed by atoms with E-state index in [-0.39, 0.29) is 24.4 Å². The Bertz CT molecular complexity index is 1140. The molecule has 1 fully saturated rings. The first-order chi connectivity index (χ1) is 15.6. The van der Waals surface area contributed by atoms with Crippen LogP contribution in [0.5, 0.6) is 0 Å². The number of aromatic nitrogens is 4. The molecule has 1 aromatic carbocycles. The molecule has 1 aliphatic rings. The summed E-state index contributed by atoms with van der Waals surface area (Å²) in [5.74, 6) is 1.41. The number of carbonyl (C=O) groups excluding carboxylic acids is 1. The molecule has 1 amide bonds. The van der Waals surface area contributed by atoms with Crippen LogP contribution in [-0.4, -0.2) is 51.6 Å². The second kappa shape index (κ2) is 10.2. The van der Waals surface area contributed by atoms with Gasteiger partial charge in [0.2, 0.25) is 11.9 Å². The highest BCUT2D eigenvalue weighted by Gasteiger charge is 2.14. The van der Waals surface area contributed by atoms with Crippen molar-refractivity contribution in [3.8, 4) is 0 Å². The van der Waals surface area contributed by atoms with E-state index in [0.29, 0.717) is 29.9 Å². The lowest BCUT2D eigenvalue weighted by Gasteiger charge is -2.28. The molecule has 4 rings (SSSR count). The van der Waals surface area contributed by atoms with E-state index in [4.69, 9.17) is 0 Å². The molecular weight excluding hydrogens is 406 g/mol. The highest BCUT2D eigenvalue weighted by Crippen LogP contribution is 2.19. The fourth-order valence-corrected chi connectivity index (χ4v) is 3.87. The predicted octanol–water partition coefficient (Wildman–Crippen LogP) is 2.10. The number of amides is 1. The van der Waals surface area contributed by atoms with Gasteiger partial charge in [0.1, 0.15) is 5.82 Å². The molecule has 3 heterocycles. The Morgan fingerprint density at radius 3 is 2.75 bits per heavy atom. The molecule has 32 heavy (non-hydrogen) atoms. The smallest absolute Gasteiger partial charge is 0.261 e. The van der Waals surface area contributed by atoms with Crippen LogP contribution in [0.3, 0.4) is 0 Å². The lowest BCUT2D eigenvalue weighted by atomic mass is 10.1. The number of aryl methyl sites for hydroxylation is 2. The van der Waals surface area contributed by atoms with Gasteiger partial charge >= 0.3 is 0 Å². The third kappa shape index (κ3) is 5.40. The molecule has 9 heteroatoms. The minimum absolute atomic E-state index is 0.119. The van der Waals surface area contributed by atoms with Gasteiger partial charge in [0.05, 0.1) is 17.2 Å². The molecule has 1 saturated heterocycles. The van der Waals surface area contributed by atoms with Gasteiger partial charge in [-0.15, -0.1) is 0 Å². The van der Waals surface area contributed by atoms with E-state index in [1.807, 2.05) is 25.1 Å². The largest absolute Gasteiger partial charge is 0.356 e. The van der Waals surface area contributed by atoms with E-state index in [0.717, 1.165) is 24.6 Å². The molecule has 1 aliphatic heterocycles. The van der Waals surface area contributed by atoms with Gasteiger partial charge in [0, 0.05) is 50.9 Å². The normalized spacial score (nSPS) is 13.8. The number of benzene rings is 1. The number of nitrogens with one attached hydrogen (secondary N) is 2. The average molecular weight is 436 g/mol. The Hall–Kier alpha value is -3.49. The van der Waals surface area contributed by atoms with Gasteiger partial charge < -0.3 is 15.5 Å². The van der Waals surface area contributed by atoms with Crippen LogP contribution in [0.15, 0.2) is 41.5 Å². The van der Waals surface area contributed by atoms with E-state index in [9.17, 15) is 9.59 Å². The van der Waals surface area contributed by atoms with Crippen molar-refractivity contribution in [1.29, 1.82) is 0 Å². The molecule has 9 nitrogen and oxygen atoms in total. The van der Waals surface area contributed by atoms with Crippen LogP contribution in [0.4, 0.5) is 11.8 Å². The van der Waals surface area contributed by atoms with Crippen molar-refractivity contribution in [2.45, 2.75) is 39.2 Å². The summed E-state index contributed by atoms with van der Waals surface area (Å²) < 4.78 is 1.48. The molecule has 0 bridgehead atoms. The fraction of sp³-hybridized carbons (Fsp3) is 0.435. The SMILES string of the molecule is Cc1cc(N2CCCCC2)nc(NCCNC(=O)CCn2cnc3ccccc3c2=O)n1. The number of fused-ring (bicyclic) bond motifs is 1. The Kier molecular flexibility index (Phi) is 6.94. The summed E-state index contributed by atoms with van der Waals surface area (Å²) in [4.78, 5) is 40.4. The predicted molar refractivity (Wildman–Crippen MR) is 125 cm³/mol. The zero-order valence-electron chi connectivity index (χ0n) is 18.4. The van der Waals surface area contributed by atoms with Crippen LogP contribution >= 0.6 is 0 Å². The zero-order valence-corrected chi connectivity index (χ0v) is 18.4. The molecule has 2 N–H and O–H groups in total. The van der Waals surface area contributed by atoms with Crippen molar-refractivity contribution in [2.75, 3.05) is 36.4 Å². The van der Waals surface area contributed by atoms with Crippen molar-refractivity contribution in [2.24, 2.45) is 0 Å². The highest BCUT2D eigenvalue weighted by molar-refractivity contribution is 5.77. The molecule has 168 valence electrons. The van der Waals surface area contributed by atoms with Crippen LogP contribution in [-0.2, 0) is 11.3 Å². The molecule has 2 aromatic heterocycles. The fourth-order valence-electron chi connectivity index (χ4n) is 3.87. The standard InChI is InChI=1S/C23H29N7O2/c1-17-15-20(29-12-5-2-6-13-29)28-23(27-17)25-11-10-24-21(31)9-14-30-16-26-19-8-4-3-7-18(19)22(30)32/h3-4,7-8,15-16H,2,5-6,9-14H2,1H3,(H,24,31)(H,25,27,28). The maximum Gasteiger partial charge on any atom is 0.261 e. The molecule has 0 radical (unpaired) electrons. The number of para-hydroxylation sites is 1. The van der Waals surface area contributed by atoms with E-state index in [2.05, 4.69) is 30.5 Å². The van der Waals surface area contributed by atoms with Crippen molar-refractivity contribution in [3.05, 3.63) is 52.7 Å². The number of anilines is 2. The summed E-state index contributed by atoms with van der Waals surface area (Å²) in [6.07, 6.45) is 5.37. The second-order valence-corrected chi connectivity index (χ2v) is 8.03. The monoisotopic (exact) mass is 435 g/mol. The van der Waals surface area contributed by atoms with Gasteiger partial charge in [-0.2, -0.15) is 4.98 Å². The molecule has 0 unspecified atom stereocenters. The third-order valence-electron chi connectivity index (χ3n) is 5.56. The molecule has 0 saturated carbocycles. The number of nitrogens with zero attached hydrogens (tertiary/aromatic N) is 5. The first-order valence-electron chi connectivity index (χ1n) is 11.2. The third-order valence-corrected chi connectivity index (χ3v) is 5.56. The van der Waals surface area contributed by atoms with Gasteiger partial charge in [-0.25, -0.2) is 9.97 Å². The van der Waals surface area contributed by atoms with Gasteiger partial charge in [0.15, 0.2) is 0 Å². The summed E-state index contributed by atoms with van der Waals surface area (Å²) in [7, 11) is 0. The summed E-state index contributed by atoms with van der Waals surface area (Å²) in [6.45, 7) is 5.28.